The van der Waals surface area contributed by atoms with Crippen LogP contribution in [0.5, 0.6) is 0 Å². The van der Waals surface area contributed by atoms with Gasteiger partial charge >= 0.3 is 5.97 Å². The Bertz CT molecular complexity index is 670. The van der Waals surface area contributed by atoms with Crippen LogP contribution < -0.4 is 0 Å². The van der Waals surface area contributed by atoms with Crippen LogP contribution in [0.3, 0.4) is 0 Å². The lowest BCUT2D eigenvalue weighted by Gasteiger charge is -2.09. The van der Waals surface area contributed by atoms with E-state index in [-0.39, 0.29) is 11.6 Å². The van der Waals surface area contributed by atoms with Crippen LogP contribution in [0.25, 0.3) is 5.69 Å². The van der Waals surface area contributed by atoms with Gasteiger partial charge in [0.15, 0.2) is 0 Å². The lowest BCUT2D eigenvalue weighted by atomic mass is 10.2. The molecule has 0 aliphatic rings. The van der Waals surface area contributed by atoms with Crippen molar-refractivity contribution >= 4 is 21.9 Å². The summed E-state index contributed by atoms with van der Waals surface area (Å²) in [4.78, 5) is 15.0. The van der Waals surface area contributed by atoms with Gasteiger partial charge in [0.2, 0.25) is 0 Å². The fourth-order valence-electron chi connectivity index (χ4n) is 1.88. The maximum Gasteiger partial charge on any atom is 0.375 e. The number of aryl methyl sites for hydroxylation is 2. The first-order chi connectivity index (χ1) is 9.43. The first kappa shape index (κ1) is 14.6. The number of nitrogens with zero attached hydrogens (tertiary/aromatic N) is 3. The molecule has 1 N–H and O–H groups in total. The number of aromatic nitrogens is 3. The summed E-state index contributed by atoms with van der Waals surface area (Å²) in [7, 11) is 0. The minimum Gasteiger partial charge on any atom is -0.475 e. The third-order valence-corrected chi connectivity index (χ3v) is 3.41. The van der Waals surface area contributed by atoms with Crippen molar-refractivity contribution < 1.29 is 14.3 Å². The lowest BCUT2D eigenvalue weighted by molar-refractivity contribution is 0.0683. The Hall–Kier alpha value is -1.76. The van der Waals surface area contributed by atoms with Crippen LogP contribution in [0.2, 0.25) is 0 Å². The molecule has 1 aromatic carbocycles. The van der Waals surface area contributed by atoms with Crippen molar-refractivity contribution in [3.8, 4) is 5.69 Å². The maximum absolute atomic E-state index is 13.5. The smallest absolute Gasteiger partial charge is 0.375 e. The zero-order chi connectivity index (χ0) is 14.9. The van der Waals surface area contributed by atoms with Crippen LogP contribution in [0.15, 0.2) is 16.6 Å². The monoisotopic (exact) mass is 341 g/mol. The number of carboxylic acids is 1. The van der Waals surface area contributed by atoms with E-state index in [0.717, 1.165) is 6.42 Å². The van der Waals surface area contributed by atoms with E-state index in [4.69, 9.17) is 5.11 Å². The SMILES string of the molecule is CCCc1nc(C(=O)O)nn1-c1cc(Br)c(F)cc1C. The Morgan fingerprint density at radius 2 is 2.20 bits per heavy atom. The molecule has 106 valence electrons. The molecule has 5 nitrogen and oxygen atoms in total. The number of aromatic carboxylic acids is 1. The van der Waals surface area contributed by atoms with Gasteiger partial charge in [-0.25, -0.2) is 18.9 Å². The largest absolute Gasteiger partial charge is 0.475 e. The average Bonchev–Trinajstić information content (AvgIpc) is 2.78. The molecular weight excluding hydrogens is 329 g/mol. The quantitative estimate of drug-likeness (QED) is 0.927. The second kappa shape index (κ2) is 5.70. The molecule has 1 heterocycles. The second-order valence-electron chi connectivity index (χ2n) is 4.37. The Morgan fingerprint density at radius 3 is 2.80 bits per heavy atom. The summed E-state index contributed by atoms with van der Waals surface area (Å²) >= 11 is 3.12. The highest BCUT2D eigenvalue weighted by molar-refractivity contribution is 9.10. The molecule has 7 heteroatoms. The minimum absolute atomic E-state index is 0.256. The van der Waals surface area contributed by atoms with Crippen molar-refractivity contribution in [3.63, 3.8) is 0 Å². The van der Waals surface area contributed by atoms with E-state index < -0.39 is 5.97 Å². The average molecular weight is 342 g/mol. The number of halogens is 2. The summed E-state index contributed by atoms with van der Waals surface area (Å²) < 4.78 is 15.2. The van der Waals surface area contributed by atoms with Gasteiger partial charge in [-0.2, -0.15) is 0 Å². The van der Waals surface area contributed by atoms with E-state index in [0.29, 0.717) is 28.0 Å². The van der Waals surface area contributed by atoms with Gasteiger partial charge in [0.1, 0.15) is 11.6 Å². The molecule has 2 rings (SSSR count). The Kier molecular flexibility index (Phi) is 4.17. The molecule has 0 saturated carbocycles. The van der Waals surface area contributed by atoms with Crippen LogP contribution in [0, 0.1) is 12.7 Å². The standard InChI is InChI=1S/C13H13BrFN3O2/c1-3-4-11-16-12(13(19)20)17-18(11)10-6-8(14)9(15)5-7(10)2/h5-6H,3-4H2,1-2H3,(H,19,20). The molecule has 0 fully saturated rings. The van der Waals surface area contributed by atoms with E-state index in [2.05, 4.69) is 26.0 Å². The summed E-state index contributed by atoms with van der Waals surface area (Å²) in [5.74, 6) is -1.26. The maximum atomic E-state index is 13.5. The molecule has 0 amide bonds. The number of hydrogen-bond donors (Lipinski definition) is 1. The fraction of sp³-hybridized carbons (Fsp3) is 0.308. The predicted octanol–water partition coefficient (Wildman–Crippen LogP) is 3.13. The number of carboxylic acid groups (broad SMARTS) is 1. The van der Waals surface area contributed by atoms with Crippen LogP contribution >= 0.6 is 15.9 Å². The van der Waals surface area contributed by atoms with Crippen LogP contribution in [-0.2, 0) is 6.42 Å². The molecule has 0 saturated heterocycles. The topological polar surface area (TPSA) is 68.0 Å². The molecular formula is C13H13BrFN3O2. The molecule has 0 bridgehead atoms. The van der Waals surface area contributed by atoms with E-state index in [1.165, 1.54) is 10.7 Å². The molecule has 0 aliphatic heterocycles. The third kappa shape index (κ3) is 2.72. The van der Waals surface area contributed by atoms with Crippen molar-refractivity contribution in [2.75, 3.05) is 0 Å². The van der Waals surface area contributed by atoms with Crippen molar-refractivity contribution in [2.45, 2.75) is 26.7 Å². The van der Waals surface area contributed by atoms with Gasteiger partial charge in [0.05, 0.1) is 10.2 Å². The van der Waals surface area contributed by atoms with Crippen LogP contribution in [0.1, 0.15) is 35.4 Å². The van der Waals surface area contributed by atoms with Crippen LogP contribution in [0.4, 0.5) is 4.39 Å². The van der Waals surface area contributed by atoms with Gasteiger partial charge in [0.25, 0.3) is 5.82 Å². The highest BCUT2D eigenvalue weighted by Crippen LogP contribution is 2.24. The zero-order valence-electron chi connectivity index (χ0n) is 11.0. The molecule has 0 aliphatic carbocycles. The normalized spacial score (nSPS) is 10.8. The third-order valence-electron chi connectivity index (χ3n) is 2.81. The van der Waals surface area contributed by atoms with E-state index in [9.17, 15) is 9.18 Å². The summed E-state index contributed by atoms with van der Waals surface area (Å²) in [6.07, 6.45) is 1.40. The first-order valence-electron chi connectivity index (χ1n) is 6.09. The van der Waals surface area contributed by atoms with Crippen molar-refractivity contribution in [3.05, 3.63) is 39.6 Å². The molecule has 1 aromatic heterocycles. The first-order valence-corrected chi connectivity index (χ1v) is 6.88. The molecule has 0 unspecified atom stereocenters. The van der Waals surface area contributed by atoms with Gasteiger partial charge in [-0.1, -0.05) is 6.92 Å². The van der Waals surface area contributed by atoms with E-state index >= 15 is 0 Å². The van der Waals surface area contributed by atoms with Crippen molar-refractivity contribution in [1.29, 1.82) is 0 Å². The fourth-order valence-corrected chi connectivity index (χ4v) is 2.21. The van der Waals surface area contributed by atoms with Gasteiger partial charge < -0.3 is 5.11 Å². The number of benzene rings is 1. The second-order valence-corrected chi connectivity index (χ2v) is 5.23. The van der Waals surface area contributed by atoms with E-state index in [1.54, 1.807) is 13.0 Å². The highest BCUT2D eigenvalue weighted by Gasteiger charge is 2.18. The molecule has 0 spiro atoms. The van der Waals surface area contributed by atoms with Gasteiger partial charge in [-0.05, 0) is 47.0 Å². The van der Waals surface area contributed by atoms with E-state index in [1.807, 2.05) is 6.92 Å². The van der Waals surface area contributed by atoms with Gasteiger partial charge in [-0.15, -0.1) is 5.10 Å². The summed E-state index contributed by atoms with van der Waals surface area (Å²) in [5, 5.41) is 13.0. The number of carbonyl (C=O) groups is 1. The van der Waals surface area contributed by atoms with Crippen LogP contribution in [-0.4, -0.2) is 25.8 Å². The Balaban J connectivity index is 2.61. The molecule has 20 heavy (non-hydrogen) atoms. The minimum atomic E-state index is -1.18. The zero-order valence-corrected chi connectivity index (χ0v) is 12.6. The molecule has 2 aromatic rings. The molecule has 0 atom stereocenters. The predicted molar refractivity (Wildman–Crippen MR) is 74.7 cm³/mol. The van der Waals surface area contributed by atoms with Crippen molar-refractivity contribution in [2.24, 2.45) is 0 Å². The van der Waals surface area contributed by atoms with Crippen molar-refractivity contribution in [1.82, 2.24) is 14.8 Å². The number of rotatable bonds is 4. The Labute approximate surface area is 123 Å². The summed E-state index contributed by atoms with van der Waals surface area (Å²) in [5.41, 5.74) is 1.27. The van der Waals surface area contributed by atoms with Gasteiger partial charge in [0, 0.05) is 6.42 Å². The Morgan fingerprint density at radius 1 is 1.50 bits per heavy atom. The van der Waals surface area contributed by atoms with Gasteiger partial charge in [-0.3, -0.25) is 0 Å². The summed E-state index contributed by atoms with van der Waals surface area (Å²) in [6.45, 7) is 3.70. The number of hydrogen-bond acceptors (Lipinski definition) is 3. The molecule has 0 radical (unpaired) electrons. The summed E-state index contributed by atoms with van der Waals surface area (Å²) in [6, 6.07) is 2.95. The lowest BCUT2D eigenvalue weighted by Crippen LogP contribution is -2.06. The highest BCUT2D eigenvalue weighted by atomic mass is 79.9.